The zero-order valence-electron chi connectivity index (χ0n) is 9.26. The maximum absolute atomic E-state index is 13.4. The minimum absolute atomic E-state index is 1.03. The number of halogens is 8. The fourth-order valence-electron chi connectivity index (χ4n) is 2.11. The summed E-state index contributed by atoms with van der Waals surface area (Å²) in [5.41, 5.74) is -4.50. The first-order chi connectivity index (χ1) is 9.08. The molecular weight excluding hydrogens is 298 g/mol. The minimum Gasteiger partial charge on any atom is -0.203 e. The van der Waals surface area contributed by atoms with Crippen molar-refractivity contribution >= 4 is 0 Å². The van der Waals surface area contributed by atoms with Gasteiger partial charge in [0.25, 0.3) is 0 Å². The molecule has 2 rings (SSSR count). The average Bonchev–Trinajstić information content (AvgIpc) is 3.10. The van der Waals surface area contributed by atoms with Crippen molar-refractivity contribution in [2.75, 3.05) is 0 Å². The van der Waals surface area contributed by atoms with Crippen LogP contribution in [0.2, 0.25) is 0 Å². The molecule has 0 N–H and O–H groups in total. The highest BCUT2D eigenvalue weighted by Gasteiger charge is 2.70. The van der Waals surface area contributed by atoms with E-state index in [0.717, 1.165) is 6.07 Å². The largest absolute Gasteiger partial charge is 0.393 e. The van der Waals surface area contributed by atoms with E-state index in [9.17, 15) is 35.1 Å². The number of hydrogen-bond donors (Lipinski definition) is 0. The van der Waals surface area contributed by atoms with Gasteiger partial charge in [0.05, 0.1) is 17.6 Å². The van der Waals surface area contributed by atoms with E-state index in [-0.39, 0.29) is 0 Å². The van der Waals surface area contributed by atoms with E-state index < -0.39 is 58.6 Å². The topological polar surface area (TPSA) is 23.8 Å². The molecule has 1 aromatic rings. The molecule has 9 heteroatoms. The van der Waals surface area contributed by atoms with Gasteiger partial charge in [-0.15, -0.1) is 0 Å². The summed E-state index contributed by atoms with van der Waals surface area (Å²) in [6.45, 7) is 0. The Labute approximate surface area is 106 Å². The van der Waals surface area contributed by atoms with Gasteiger partial charge >= 0.3 is 6.18 Å². The fraction of sp³-hybridized carbons (Fsp3) is 0.364. The molecule has 0 heterocycles. The molecule has 0 unspecified atom stereocenters. The lowest BCUT2D eigenvalue weighted by molar-refractivity contribution is -0.150. The third-order valence-corrected chi connectivity index (χ3v) is 3.21. The second kappa shape index (κ2) is 4.07. The Hall–Kier alpha value is -1.85. The highest BCUT2D eigenvalue weighted by Crippen LogP contribution is 2.62. The Morgan fingerprint density at radius 2 is 1.30 bits per heavy atom. The van der Waals surface area contributed by atoms with Gasteiger partial charge in [0.2, 0.25) is 5.82 Å². The summed E-state index contributed by atoms with van der Waals surface area (Å²) < 4.78 is 103. The van der Waals surface area contributed by atoms with E-state index in [4.69, 9.17) is 5.26 Å². The van der Waals surface area contributed by atoms with E-state index in [1.54, 1.807) is 0 Å². The van der Waals surface area contributed by atoms with Gasteiger partial charge in [0.1, 0.15) is 5.41 Å². The molecule has 1 aliphatic rings. The van der Waals surface area contributed by atoms with Gasteiger partial charge in [0, 0.05) is 0 Å². The van der Waals surface area contributed by atoms with Crippen molar-refractivity contribution in [3.8, 4) is 6.07 Å². The van der Waals surface area contributed by atoms with Gasteiger partial charge in [-0.2, -0.15) is 18.4 Å². The monoisotopic (exact) mass is 301 g/mol. The Kier molecular flexibility index (Phi) is 2.96. The fourth-order valence-corrected chi connectivity index (χ4v) is 2.11. The van der Waals surface area contributed by atoms with Crippen LogP contribution < -0.4 is 0 Å². The minimum atomic E-state index is -4.98. The van der Waals surface area contributed by atoms with Crippen molar-refractivity contribution in [3.63, 3.8) is 0 Å². The molecule has 0 bridgehead atoms. The van der Waals surface area contributed by atoms with Crippen LogP contribution in [0.4, 0.5) is 35.1 Å². The number of hydrogen-bond acceptors (Lipinski definition) is 1. The zero-order valence-corrected chi connectivity index (χ0v) is 9.26. The van der Waals surface area contributed by atoms with Crippen LogP contribution in [-0.4, -0.2) is 6.18 Å². The molecule has 2 atom stereocenters. The first-order valence-electron chi connectivity index (χ1n) is 5.07. The molecule has 0 radical (unpaired) electrons. The van der Waals surface area contributed by atoms with Crippen LogP contribution in [0.5, 0.6) is 0 Å². The predicted octanol–water partition coefficient (Wildman–Crippen LogP) is 3.73. The second-order valence-electron chi connectivity index (χ2n) is 4.33. The molecule has 0 aliphatic heterocycles. The molecule has 0 spiro atoms. The van der Waals surface area contributed by atoms with Crippen LogP contribution >= 0.6 is 0 Å². The molecule has 1 fully saturated rings. The number of nitriles is 1. The Morgan fingerprint density at radius 1 is 0.900 bits per heavy atom. The van der Waals surface area contributed by atoms with Crippen LogP contribution in [0, 0.1) is 46.3 Å². The third kappa shape index (κ3) is 1.74. The lowest BCUT2D eigenvalue weighted by Crippen LogP contribution is -2.23. The molecule has 1 saturated carbocycles. The van der Waals surface area contributed by atoms with E-state index in [2.05, 4.69) is 0 Å². The van der Waals surface area contributed by atoms with Gasteiger partial charge in [-0.05, 0) is 6.42 Å². The van der Waals surface area contributed by atoms with Gasteiger partial charge < -0.3 is 0 Å². The molecule has 20 heavy (non-hydrogen) atoms. The summed E-state index contributed by atoms with van der Waals surface area (Å²) in [4.78, 5) is 0. The zero-order chi connectivity index (χ0) is 15.5. The van der Waals surface area contributed by atoms with Crippen molar-refractivity contribution < 1.29 is 35.1 Å². The van der Waals surface area contributed by atoms with Crippen LogP contribution in [0.25, 0.3) is 0 Å². The second-order valence-corrected chi connectivity index (χ2v) is 4.33. The van der Waals surface area contributed by atoms with E-state index in [1.807, 2.05) is 0 Å². The number of rotatable bonds is 1. The molecule has 0 amide bonds. The standard InChI is InChI=1S/C11H3F8N/c12-5-4(6(13)8(15)9(16)7(5)14)10(2-20)1-3(10)11(17,18)19/h3H,1H2/t3-,10+/m1/s1. The van der Waals surface area contributed by atoms with Crippen LogP contribution in [0.1, 0.15) is 12.0 Å². The van der Waals surface area contributed by atoms with E-state index in [1.165, 1.54) is 0 Å². The molecule has 1 aliphatic carbocycles. The maximum Gasteiger partial charge on any atom is 0.393 e. The van der Waals surface area contributed by atoms with E-state index >= 15 is 0 Å². The molecule has 1 nitrogen and oxygen atoms in total. The highest BCUT2D eigenvalue weighted by molar-refractivity contribution is 5.45. The smallest absolute Gasteiger partial charge is 0.203 e. The number of alkyl halides is 3. The first-order valence-corrected chi connectivity index (χ1v) is 5.07. The van der Waals surface area contributed by atoms with Gasteiger partial charge in [0.15, 0.2) is 23.3 Å². The van der Waals surface area contributed by atoms with E-state index in [0.29, 0.717) is 0 Å². The summed E-state index contributed by atoms with van der Waals surface area (Å²) in [6.07, 6.45) is -6.03. The van der Waals surface area contributed by atoms with Crippen molar-refractivity contribution in [3.05, 3.63) is 34.6 Å². The summed E-state index contributed by atoms with van der Waals surface area (Å²) in [5, 5.41) is 8.72. The van der Waals surface area contributed by atoms with Crippen molar-refractivity contribution in [2.24, 2.45) is 5.92 Å². The summed E-state index contributed by atoms with van der Waals surface area (Å²) in [6, 6.07) is 1.03. The summed E-state index contributed by atoms with van der Waals surface area (Å²) in [5.74, 6) is -14.5. The van der Waals surface area contributed by atoms with Crippen LogP contribution in [0.15, 0.2) is 0 Å². The van der Waals surface area contributed by atoms with Crippen molar-refractivity contribution in [1.29, 1.82) is 5.26 Å². The molecule has 0 saturated heterocycles. The predicted molar refractivity (Wildman–Crippen MR) is 47.7 cm³/mol. The SMILES string of the molecule is N#C[C@@]1(c2c(F)c(F)c(F)c(F)c2F)C[C@H]1C(F)(F)F. The highest BCUT2D eigenvalue weighted by atomic mass is 19.4. The lowest BCUT2D eigenvalue weighted by atomic mass is 9.92. The number of benzene rings is 1. The normalized spacial score (nSPS) is 25.4. The molecule has 108 valence electrons. The maximum atomic E-state index is 13.4. The Balaban J connectivity index is 2.70. The average molecular weight is 301 g/mol. The van der Waals surface area contributed by atoms with Crippen molar-refractivity contribution in [2.45, 2.75) is 18.0 Å². The molecule has 0 aromatic heterocycles. The quantitative estimate of drug-likeness (QED) is 0.440. The van der Waals surface area contributed by atoms with Crippen LogP contribution in [0.3, 0.4) is 0 Å². The molecule has 1 aromatic carbocycles. The van der Waals surface area contributed by atoms with Crippen LogP contribution in [-0.2, 0) is 5.41 Å². The number of nitrogens with zero attached hydrogens (tertiary/aromatic N) is 1. The van der Waals surface area contributed by atoms with Gasteiger partial charge in [-0.1, -0.05) is 0 Å². The first kappa shape index (κ1) is 14.6. The summed E-state index contributed by atoms with van der Waals surface area (Å²) in [7, 11) is 0. The Morgan fingerprint density at radius 3 is 1.60 bits per heavy atom. The van der Waals surface area contributed by atoms with Crippen molar-refractivity contribution in [1.82, 2.24) is 0 Å². The lowest BCUT2D eigenvalue weighted by Gasteiger charge is -2.14. The third-order valence-electron chi connectivity index (χ3n) is 3.21. The Bertz CT molecular complexity index is 600. The molecular formula is C11H3F8N. The van der Waals surface area contributed by atoms with Gasteiger partial charge in [-0.3, -0.25) is 0 Å². The summed E-state index contributed by atoms with van der Waals surface area (Å²) >= 11 is 0. The van der Waals surface area contributed by atoms with Gasteiger partial charge in [-0.25, -0.2) is 22.0 Å².